The maximum absolute atomic E-state index is 3.53. The molecule has 1 aromatic carbocycles. The third-order valence-corrected chi connectivity index (χ3v) is 5.88. The summed E-state index contributed by atoms with van der Waals surface area (Å²) in [6, 6.07) is 2.51. The summed E-state index contributed by atoms with van der Waals surface area (Å²) in [5.41, 5.74) is 9.98. The van der Waals surface area contributed by atoms with Gasteiger partial charge in [-0.3, -0.25) is 0 Å². The number of hydrogen-bond acceptors (Lipinski definition) is 2. The molecular weight excluding hydrogens is 262 g/mol. The first-order valence-electron chi connectivity index (χ1n) is 7.18. The normalized spacial score (nSPS) is 12.8. The summed E-state index contributed by atoms with van der Waals surface area (Å²) in [6.07, 6.45) is 0. The first-order valence-corrected chi connectivity index (χ1v) is 8.06. The summed E-state index contributed by atoms with van der Waals surface area (Å²) in [4.78, 5) is 1.43. The van der Waals surface area contributed by atoms with E-state index in [2.05, 4.69) is 65.4 Å². The number of nitrogens with one attached hydrogen (secondary N) is 1. The van der Waals surface area contributed by atoms with Gasteiger partial charge in [-0.2, -0.15) is 0 Å². The Morgan fingerprint density at radius 3 is 1.75 bits per heavy atom. The lowest BCUT2D eigenvalue weighted by molar-refractivity contribution is 0.689. The van der Waals surface area contributed by atoms with Crippen LogP contribution in [0.3, 0.4) is 0 Å². The summed E-state index contributed by atoms with van der Waals surface area (Å²) in [7, 11) is 2.06. The zero-order chi connectivity index (χ0) is 15.0. The van der Waals surface area contributed by atoms with E-state index in [1.54, 1.807) is 0 Å². The monoisotopic (exact) mass is 287 g/mol. The van der Waals surface area contributed by atoms with E-state index in [9.17, 15) is 0 Å². The molecule has 1 unspecified atom stereocenters. The lowest BCUT2D eigenvalue weighted by Crippen LogP contribution is -2.21. The second-order valence-corrected chi connectivity index (χ2v) is 6.68. The molecule has 1 nitrogen and oxygen atoms in total. The molecule has 108 valence electrons. The molecule has 0 amide bonds. The summed E-state index contributed by atoms with van der Waals surface area (Å²) in [5.74, 6) is 0. The molecule has 0 aliphatic rings. The van der Waals surface area contributed by atoms with E-state index >= 15 is 0 Å². The minimum atomic E-state index is 0.299. The van der Waals surface area contributed by atoms with Crippen LogP contribution < -0.4 is 5.32 Å². The van der Waals surface area contributed by atoms with E-state index in [0.29, 0.717) is 6.04 Å². The third-order valence-electron chi connectivity index (χ3n) is 4.80. The zero-order valence-corrected chi connectivity index (χ0v) is 14.5. The van der Waals surface area contributed by atoms with Gasteiger partial charge in [-0.15, -0.1) is 11.3 Å². The Kier molecular flexibility index (Phi) is 4.36. The van der Waals surface area contributed by atoms with E-state index in [0.717, 1.165) is 0 Å². The minimum Gasteiger partial charge on any atom is -0.309 e. The summed E-state index contributed by atoms with van der Waals surface area (Å²) < 4.78 is 0. The van der Waals surface area contributed by atoms with Crippen LogP contribution in [0.5, 0.6) is 0 Å². The van der Waals surface area contributed by atoms with E-state index in [1.165, 1.54) is 43.8 Å². The highest BCUT2D eigenvalue weighted by atomic mass is 32.1. The van der Waals surface area contributed by atoms with Crippen LogP contribution in [0.15, 0.2) is 11.4 Å². The Morgan fingerprint density at radius 1 is 0.850 bits per heavy atom. The highest BCUT2D eigenvalue weighted by molar-refractivity contribution is 7.10. The molecule has 0 radical (unpaired) electrons. The van der Waals surface area contributed by atoms with Crippen molar-refractivity contribution >= 4 is 11.3 Å². The Balaban J connectivity index is 2.71. The van der Waals surface area contributed by atoms with Crippen molar-refractivity contribution < 1.29 is 0 Å². The molecular formula is C18H25NS. The van der Waals surface area contributed by atoms with Crippen LogP contribution in [-0.4, -0.2) is 7.05 Å². The van der Waals surface area contributed by atoms with Crippen LogP contribution >= 0.6 is 11.3 Å². The quantitative estimate of drug-likeness (QED) is 0.846. The Hall–Kier alpha value is -1.12. The van der Waals surface area contributed by atoms with Crippen molar-refractivity contribution in [2.45, 2.75) is 47.6 Å². The molecule has 1 atom stereocenters. The van der Waals surface area contributed by atoms with Gasteiger partial charge in [0.1, 0.15) is 0 Å². The zero-order valence-electron chi connectivity index (χ0n) is 13.6. The Morgan fingerprint density at radius 2 is 1.35 bits per heavy atom. The number of rotatable bonds is 3. The van der Waals surface area contributed by atoms with Crippen LogP contribution in [0.25, 0.3) is 0 Å². The largest absolute Gasteiger partial charge is 0.309 e. The molecule has 0 aliphatic carbocycles. The Labute approximate surface area is 127 Å². The molecule has 2 heteroatoms. The van der Waals surface area contributed by atoms with Crippen molar-refractivity contribution in [1.82, 2.24) is 5.32 Å². The van der Waals surface area contributed by atoms with Gasteiger partial charge in [-0.05, 0) is 99.0 Å². The van der Waals surface area contributed by atoms with Gasteiger partial charge < -0.3 is 5.32 Å². The van der Waals surface area contributed by atoms with E-state index in [-0.39, 0.29) is 0 Å². The molecule has 1 heterocycles. The molecule has 2 aromatic rings. The molecule has 20 heavy (non-hydrogen) atoms. The van der Waals surface area contributed by atoms with Crippen LogP contribution in [0.2, 0.25) is 0 Å². The number of benzene rings is 1. The van der Waals surface area contributed by atoms with Crippen LogP contribution in [-0.2, 0) is 0 Å². The summed E-state index contributed by atoms with van der Waals surface area (Å²) >= 11 is 1.85. The van der Waals surface area contributed by atoms with Gasteiger partial charge in [0.05, 0.1) is 6.04 Å². The van der Waals surface area contributed by atoms with Crippen molar-refractivity contribution in [2.24, 2.45) is 0 Å². The predicted octanol–water partition coefficient (Wildman–Crippen LogP) is 4.91. The van der Waals surface area contributed by atoms with Crippen LogP contribution in [0, 0.1) is 41.5 Å². The molecule has 0 saturated carbocycles. The minimum absolute atomic E-state index is 0.299. The van der Waals surface area contributed by atoms with Gasteiger partial charge in [0, 0.05) is 4.88 Å². The van der Waals surface area contributed by atoms with Crippen molar-refractivity contribution in [2.75, 3.05) is 7.05 Å². The maximum Gasteiger partial charge on any atom is 0.0676 e. The maximum atomic E-state index is 3.53. The van der Waals surface area contributed by atoms with Gasteiger partial charge in [-0.1, -0.05) is 0 Å². The fourth-order valence-corrected chi connectivity index (χ4v) is 4.09. The van der Waals surface area contributed by atoms with Gasteiger partial charge in [0.15, 0.2) is 0 Å². The van der Waals surface area contributed by atoms with Gasteiger partial charge >= 0.3 is 0 Å². The summed E-state index contributed by atoms with van der Waals surface area (Å²) in [6.45, 7) is 13.5. The van der Waals surface area contributed by atoms with Crippen LogP contribution in [0.4, 0.5) is 0 Å². The standard InChI is InChI=1S/C18H25NS/c1-10-8-9-20-18(10)17(19-7)16-14(5)12(3)11(2)13(4)15(16)6/h8-9,17,19H,1-7H3. The fraction of sp³-hybridized carbons (Fsp3) is 0.444. The fourth-order valence-electron chi connectivity index (χ4n) is 3.05. The number of aryl methyl sites for hydroxylation is 1. The molecule has 1 N–H and O–H groups in total. The van der Waals surface area contributed by atoms with E-state index < -0.39 is 0 Å². The molecule has 0 spiro atoms. The third kappa shape index (κ3) is 2.32. The first-order chi connectivity index (χ1) is 9.40. The number of hydrogen-bond donors (Lipinski definition) is 1. The topological polar surface area (TPSA) is 12.0 Å². The van der Waals surface area contributed by atoms with Crippen molar-refractivity contribution in [3.05, 3.63) is 55.3 Å². The van der Waals surface area contributed by atoms with Gasteiger partial charge in [0.2, 0.25) is 0 Å². The molecule has 0 saturated heterocycles. The second kappa shape index (κ2) is 5.71. The van der Waals surface area contributed by atoms with Crippen molar-refractivity contribution in [3.8, 4) is 0 Å². The smallest absolute Gasteiger partial charge is 0.0676 e. The predicted molar refractivity (Wildman–Crippen MR) is 90.1 cm³/mol. The highest BCUT2D eigenvalue weighted by Crippen LogP contribution is 2.36. The second-order valence-electron chi connectivity index (χ2n) is 5.73. The number of thiophene rings is 1. The van der Waals surface area contributed by atoms with Gasteiger partial charge in [0.25, 0.3) is 0 Å². The Bertz CT molecular complexity index is 608. The first kappa shape index (κ1) is 15.3. The van der Waals surface area contributed by atoms with Gasteiger partial charge in [-0.25, -0.2) is 0 Å². The van der Waals surface area contributed by atoms with Crippen molar-refractivity contribution in [3.63, 3.8) is 0 Å². The van der Waals surface area contributed by atoms with Crippen molar-refractivity contribution in [1.29, 1.82) is 0 Å². The molecule has 0 bridgehead atoms. The average molecular weight is 287 g/mol. The van der Waals surface area contributed by atoms with E-state index in [1.807, 2.05) is 11.3 Å². The average Bonchev–Trinajstić information content (AvgIpc) is 2.85. The molecule has 2 rings (SSSR count). The highest BCUT2D eigenvalue weighted by Gasteiger charge is 2.22. The van der Waals surface area contributed by atoms with E-state index in [4.69, 9.17) is 0 Å². The lowest BCUT2D eigenvalue weighted by Gasteiger charge is -2.25. The van der Waals surface area contributed by atoms with Crippen LogP contribution in [0.1, 0.15) is 49.9 Å². The molecule has 0 fully saturated rings. The lowest BCUT2D eigenvalue weighted by atomic mass is 9.85. The molecule has 0 aliphatic heterocycles. The SMILES string of the molecule is CNC(c1sccc1C)c1c(C)c(C)c(C)c(C)c1C. The molecule has 1 aromatic heterocycles. The summed E-state index contributed by atoms with van der Waals surface area (Å²) in [5, 5.41) is 5.72.